The van der Waals surface area contributed by atoms with Crippen molar-refractivity contribution in [1.82, 2.24) is 4.57 Å². The van der Waals surface area contributed by atoms with Gasteiger partial charge in [-0.3, -0.25) is 14.2 Å². The molecular formula is C20H15N3O2S. The van der Waals surface area contributed by atoms with Crippen LogP contribution in [-0.4, -0.2) is 10.5 Å². The summed E-state index contributed by atoms with van der Waals surface area (Å²) in [5.41, 5.74) is 7.64. The highest BCUT2D eigenvalue weighted by atomic mass is 32.1. The van der Waals surface area contributed by atoms with Gasteiger partial charge in [0.1, 0.15) is 9.71 Å². The van der Waals surface area contributed by atoms with Gasteiger partial charge in [0, 0.05) is 17.1 Å². The molecule has 2 heterocycles. The number of carbonyl (C=O) groups excluding carboxylic acids is 1. The van der Waals surface area contributed by atoms with Gasteiger partial charge < -0.3 is 11.1 Å². The molecule has 0 atom stereocenters. The van der Waals surface area contributed by atoms with Gasteiger partial charge in [-0.25, -0.2) is 0 Å². The molecular weight excluding hydrogens is 346 g/mol. The maximum absolute atomic E-state index is 12.5. The first-order valence-corrected chi connectivity index (χ1v) is 8.82. The molecule has 0 fully saturated rings. The van der Waals surface area contributed by atoms with Crippen molar-refractivity contribution in [3.63, 3.8) is 0 Å². The minimum Gasteiger partial charge on any atom is -0.365 e. The quantitative estimate of drug-likeness (QED) is 0.579. The van der Waals surface area contributed by atoms with E-state index in [2.05, 4.69) is 5.32 Å². The summed E-state index contributed by atoms with van der Waals surface area (Å²) in [6.45, 7) is 0. The van der Waals surface area contributed by atoms with E-state index >= 15 is 0 Å². The van der Waals surface area contributed by atoms with Crippen LogP contribution in [0.25, 0.3) is 15.9 Å². The molecule has 5 nitrogen and oxygen atoms in total. The Morgan fingerprint density at radius 3 is 2.23 bits per heavy atom. The molecule has 0 spiro atoms. The third kappa shape index (κ3) is 2.76. The molecule has 0 saturated carbocycles. The van der Waals surface area contributed by atoms with Crippen LogP contribution in [0.15, 0.2) is 77.6 Å². The highest BCUT2D eigenvalue weighted by molar-refractivity contribution is 7.21. The van der Waals surface area contributed by atoms with Crippen molar-refractivity contribution in [3.8, 4) is 5.69 Å². The van der Waals surface area contributed by atoms with Crippen molar-refractivity contribution in [1.29, 1.82) is 0 Å². The Morgan fingerprint density at radius 2 is 1.58 bits per heavy atom. The number of nitrogens with one attached hydrogen (secondary N) is 1. The average molecular weight is 361 g/mol. The van der Waals surface area contributed by atoms with Crippen LogP contribution in [0.4, 0.5) is 11.4 Å². The third-order valence-electron chi connectivity index (χ3n) is 4.02. The fourth-order valence-electron chi connectivity index (χ4n) is 2.87. The second-order valence-corrected chi connectivity index (χ2v) is 6.72. The maximum atomic E-state index is 12.5. The van der Waals surface area contributed by atoms with E-state index in [1.807, 2.05) is 60.7 Å². The van der Waals surface area contributed by atoms with Crippen LogP contribution >= 0.6 is 11.3 Å². The number of hydrogen-bond acceptors (Lipinski definition) is 4. The molecule has 6 heteroatoms. The molecule has 0 aliphatic carbocycles. The summed E-state index contributed by atoms with van der Waals surface area (Å²) in [4.78, 5) is 25.6. The molecule has 4 rings (SSSR count). The molecule has 3 N–H and O–H groups in total. The summed E-state index contributed by atoms with van der Waals surface area (Å²) in [6.07, 6.45) is 0. The van der Waals surface area contributed by atoms with Crippen LogP contribution in [0.2, 0.25) is 0 Å². The van der Waals surface area contributed by atoms with Crippen molar-refractivity contribution in [3.05, 3.63) is 88.0 Å². The Balaban J connectivity index is 1.99. The smallest absolute Gasteiger partial charge is 0.261 e. The van der Waals surface area contributed by atoms with Crippen LogP contribution in [0.1, 0.15) is 9.67 Å². The minimum atomic E-state index is -0.531. The lowest BCUT2D eigenvalue weighted by Crippen LogP contribution is -2.16. The lowest BCUT2D eigenvalue weighted by Gasteiger charge is -2.09. The molecule has 0 saturated heterocycles. The molecule has 128 valence electrons. The number of rotatable bonds is 4. The number of para-hydroxylation sites is 2. The van der Waals surface area contributed by atoms with Crippen molar-refractivity contribution >= 4 is 38.8 Å². The van der Waals surface area contributed by atoms with Gasteiger partial charge in [0.25, 0.3) is 11.5 Å². The third-order valence-corrected chi connectivity index (χ3v) is 5.23. The summed E-state index contributed by atoms with van der Waals surface area (Å²) in [5, 5.41) is 4.04. The average Bonchev–Trinajstić information content (AvgIpc) is 3.02. The van der Waals surface area contributed by atoms with Crippen molar-refractivity contribution in [2.45, 2.75) is 0 Å². The summed E-state index contributed by atoms with van der Waals surface area (Å²) in [5.74, 6) is -0.531. The van der Waals surface area contributed by atoms with Gasteiger partial charge >= 0.3 is 0 Å². The Hall–Kier alpha value is -3.38. The Kier molecular flexibility index (Phi) is 4.02. The van der Waals surface area contributed by atoms with Crippen molar-refractivity contribution in [2.24, 2.45) is 5.73 Å². The van der Waals surface area contributed by atoms with Crippen LogP contribution in [0.3, 0.4) is 0 Å². The Morgan fingerprint density at radius 1 is 0.923 bits per heavy atom. The largest absolute Gasteiger partial charge is 0.365 e. The van der Waals surface area contributed by atoms with E-state index in [1.54, 1.807) is 10.6 Å². The number of nitrogens with two attached hydrogens (primary N) is 1. The Labute approximate surface area is 153 Å². The van der Waals surface area contributed by atoms with Crippen LogP contribution in [0.5, 0.6) is 0 Å². The standard InChI is InChI=1S/C20H15N3O2S/c21-19(25)18-17(22-13-7-3-1-4-8-13)15-11-12-16(24)23(20(15)26-18)14-9-5-2-6-10-14/h1-12,22H,(H2,21,25). The lowest BCUT2D eigenvalue weighted by atomic mass is 10.2. The van der Waals surface area contributed by atoms with Crippen LogP contribution < -0.4 is 16.6 Å². The molecule has 1 amide bonds. The minimum absolute atomic E-state index is 0.160. The molecule has 2 aromatic carbocycles. The zero-order valence-electron chi connectivity index (χ0n) is 13.7. The number of anilines is 2. The van der Waals surface area contributed by atoms with E-state index in [-0.39, 0.29) is 5.56 Å². The number of carbonyl (C=O) groups is 1. The van der Waals surface area contributed by atoms with Gasteiger partial charge in [-0.2, -0.15) is 0 Å². The zero-order chi connectivity index (χ0) is 18.1. The predicted octanol–water partition coefficient (Wildman–Crippen LogP) is 3.89. The SMILES string of the molecule is NC(=O)c1sc2c(ccc(=O)n2-c2ccccc2)c1Nc1ccccc1. The number of primary amides is 1. The lowest BCUT2D eigenvalue weighted by molar-refractivity contribution is 0.100. The second kappa shape index (κ2) is 6.50. The summed E-state index contributed by atoms with van der Waals surface area (Å²) in [6, 6.07) is 22.1. The summed E-state index contributed by atoms with van der Waals surface area (Å²) < 4.78 is 1.60. The van der Waals surface area contributed by atoms with Crippen molar-refractivity contribution < 1.29 is 4.79 Å². The highest BCUT2D eigenvalue weighted by Gasteiger charge is 2.20. The van der Waals surface area contributed by atoms with Crippen LogP contribution in [-0.2, 0) is 0 Å². The van der Waals surface area contributed by atoms with E-state index in [9.17, 15) is 9.59 Å². The van der Waals surface area contributed by atoms with E-state index in [0.29, 0.717) is 15.4 Å². The molecule has 2 aromatic heterocycles. The van der Waals surface area contributed by atoms with Gasteiger partial charge in [0.2, 0.25) is 0 Å². The molecule has 0 aliphatic heterocycles. The summed E-state index contributed by atoms with van der Waals surface area (Å²) in [7, 11) is 0. The molecule has 0 bridgehead atoms. The van der Waals surface area contributed by atoms with Crippen molar-refractivity contribution in [2.75, 3.05) is 5.32 Å². The number of hydrogen-bond donors (Lipinski definition) is 2. The molecule has 0 unspecified atom stereocenters. The summed E-state index contributed by atoms with van der Waals surface area (Å²) >= 11 is 1.21. The van der Waals surface area contributed by atoms with Crippen LogP contribution in [0, 0.1) is 0 Å². The van der Waals surface area contributed by atoms with Gasteiger partial charge in [0.15, 0.2) is 0 Å². The first-order chi connectivity index (χ1) is 12.6. The first-order valence-electron chi connectivity index (χ1n) is 8.01. The normalized spacial score (nSPS) is 10.8. The number of fused-ring (bicyclic) bond motifs is 1. The fraction of sp³-hybridized carbons (Fsp3) is 0. The maximum Gasteiger partial charge on any atom is 0.261 e. The highest BCUT2D eigenvalue weighted by Crippen LogP contribution is 2.37. The number of nitrogens with zero attached hydrogens (tertiary/aromatic N) is 1. The zero-order valence-corrected chi connectivity index (χ0v) is 14.5. The number of aromatic nitrogens is 1. The van der Waals surface area contributed by atoms with Gasteiger partial charge in [-0.15, -0.1) is 11.3 Å². The Bertz CT molecular complexity index is 1150. The van der Waals surface area contributed by atoms with E-state index in [1.165, 1.54) is 17.4 Å². The second-order valence-electron chi connectivity index (χ2n) is 5.72. The van der Waals surface area contributed by atoms with Gasteiger partial charge in [0.05, 0.1) is 11.4 Å². The molecule has 0 aliphatic rings. The number of amides is 1. The predicted molar refractivity (Wildman–Crippen MR) is 106 cm³/mol. The van der Waals surface area contributed by atoms with E-state index in [4.69, 9.17) is 5.73 Å². The molecule has 26 heavy (non-hydrogen) atoms. The monoisotopic (exact) mass is 361 g/mol. The molecule has 4 aromatic rings. The fourth-order valence-corrected chi connectivity index (χ4v) is 3.99. The molecule has 0 radical (unpaired) electrons. The van der Waals surface area contributed by atoms with E-state index in [0.717, 1.165) is 16.8 Å². The topological polar surface area (TPSA) is 77.1 Å². The first kappa shape index (κ1) is 16.1. The van der Waals surface area contributed by atoms with Gasteiger partial charge in [-0.05, 0) is 30.3 Å². The van der Waals surface area contributed by atoms with E-state index < -0.39 is 5.91 Å². The number of thiophene rings is 1. The number of benzene rings is 2. The number of pyridine rings is 1. The van der Waals surface area contributed by atoms with Gasteiger partial charge in [-0.1, -0.05) is 36.4 Å².